The summed E-state index contributed by atoms with van der Waals surface area (Å²) in [5.41, 5.74) is 6.22. The molecular formula is C15H24N5O14P2+. The standard InChI is InChI=1S/C15H23N5O14P2/c16-12-7-13(18-4-19(12)14-10(23)8(21)5(33-14)1-31-35(25,26)27)20(3-17-7)15-11(24)9(22)6(34-15)2-32-36(28,29)30/h3-6,8-11,14-16,21-24H,1-2H2,(H4,25,26,27,28,29,30)/p+1/t5-,6-,8-,9-,10-,11-,14-,15-/m1/s1. The summed E-state index contributed by atoms with van der Waals surface area (Å²) in [6.07, 6.45) is -9.26. The van der Waals surface area contributed by atoms with Crippen LogP contribution in [0, 0.1) is 0 Å². The van der Waals surface area contributed by atoms with Crippen molar-refractivity contribution < 1.29 is 72.2 Å². The Morgan fingerprint density at radius 3 is 2.06 bits per heavy atom. The Hall–Kier alpha value is -1.67. The molecule has 202 valence electrons. The SMILES string of the molecule is Nc1c2ncn([C@@H]3O[C@H](COP(=O)(O)O)[C@@H](O)[C@H]3O)c2nc[n+]1[C@@H]1O[C@H](COP(=O)(O)O)[C@@H](O)[C@H]1O. The summed E-state index contributed by atoms with van der Waals surface area (Å²) in [5, 5.41) is 41.2. The molecule has 0 unspecified atom stereocenters. The van der Waals surface area contributed by atoms with Gasteiger partial charge in [-0.2, -0.15) is 0 Å². The third-order valence-electron chi connectivity index (χ3n) is 5.63. The molecule has 4 rings (SSSR count). The van der Waals surface area contributed by atoms with Crippen LogP contribution in [0.5, 0.6) is 0 Å². The van der Waals surface area contributed by atoms with Crippen molar-refractivity contribution in [2.24, 2.45) is 0 Å². The number of anilines is 1. The van der Waals surface area contributed by atoms with Gasteiger partial charge in [-0.05, 0) is 0 Å². The van der Waals surface area contributed by atoms with Crippen LogP contribution in [0.2, 0.25) is 0 Å². The number of rotatable bonds is 8. The predicted molar refractivity (Wildman–Crippen MR) is 110 cm³/mol. The lowest BCUT2D eigenvalue weighted by Gasteiger charge is -2.17. The fourth-order valence-electron chi connectivity index (χ4n) is 3.89. The second-order valence-electron chi connectivity index (χ2n) is 8.03. The Morgan fingerprint density at radius 1 is 0.917 bits per heavy atom. The highest BCUT2D eigenvalue weighted by molar-refractivity contribution is 7.46. The maximum absolute atomic E-state index is 10.9. The minimum atomic E-state index is -4.86. The molecule has 36 heavy (non-hydrogen) atoms. The highest BCUT2D eigenvalue weighted by Gasteiger charge is 2.48. The molecule has 2 aliphatic heterocycles. The zero-order valence-electron chi connectivity index (χ0n) is 18.0. The molecule has 19 nitrogen and oxygen atoms in total. The summed E-state index contributed by atoms with van der Waals surface area (Å²) in [6, 6.07) is 0. The van der Waals surface area contributed by atoms with Gasteiger partial charge in [-0.1, -0.05) is 4.98 Å². The Kier molecular flexibility index (Phi) is 7.52. The van der Waals surface area contributed by atoms with Crippen molar-refractivity contribution in [1.29, 1.82) is 0 Å². The second-order valence-corrected chi connectivity index (χ2v) is 10.5. The molecule has 0 spiro atoms. The van der Waals surface area contributed by atoms with Crippen LogP contribution in [0.3, 0.4) is 0 Å². The number of imidazole rings is 1. The smallest absolute Gasteiger partial charge is 0.387 e. The first-order valence-corrected chi connectivity index (χ1v) is 13.2. The van der Waals surface area contributed by atoms with E-state index in [0.717, 1.165) is 10.9 Å². The molecule has 2 aliphatic rings. The van der Waals surface area contributed by atoms with Gasteiger partial charge >= 0.3 is 15.6 Å². The minimum absolute atomic E-state index is 0.0258. The van der Waals surface area contributed by atoms with Crippen LogP contribution in [0.4, 0.5) is 5.82 Å². The maximum atomic E-state index is 10.9. The molecule has 0 aromatic carbocycles. The number of nitrogens with two attached hydrogens (primary N) is 1. The molecule has 2 aromatic rings. The van der Waals surface area contributed by atoms with Crippen LogP contribution in [0.15, 0.2) is 12.7 Å². The molecule has 0 amide bonds. The lowest BCUT2D eigenvalue weighted by Crippen LogP contribution is -2.48. The van der Waals surface area contributed by atoms with Crippen LogP contribution in [-0.2, 0) is 27.7 Å². The Morgan fingerprint density at radius 2 is 1.47 bits per heavy atom. The van der Waals surface area contributed by atoms with Crippen LogP contribution < -0.4 is 10.3 Å². The van der Waals surface area contributed by atoms with Crippen molar-refractivity contribution >= 4 is 32.6 Å². The quantitative estimate of drug-likeness (QED) is 0.109. The summed E-state index contributed by atoms with van der Waals surface area (Å²) in [5.74, 6) is -0.124. The van der Waals surface area contributed by atoms with Gasteiger partial charge in [0.05, 0.1) is 13.2 Å². The zero-order chi connectivity index (χ0) is 26.6. The van der Waals surface area contributed by atoms with E-state index in [1.54, 1.807) is 0 Å². The van der Waals surface area contributed by atoms with E-state index in [1.165, 1.54) is 10.9 Å². The monoisotopic (exact) mass is 560 g/mol. The van der Waals surface area contributed by atoms with E-state index in [4.69, 9.17) is 34.8 Å². The molecule has 10 N–H and O–H groups in total. The zero-order valence-corrected chi connectivity index (χ0v) is 19.8. The molecule has 4 heterocycles. The third-order valence-corrected chi connectivity index (χ3v) is 6.60. The van der Waals surface area contributed by atoms with Crippen molar-refractivity contribution in [3.8, 4) is 0 Å². The maximum Gasteiger partial charge on any atom is 0.469 e. The van der Waals surface area contributed by atoms with Crippen LogP contribution >= 0.6 is 15.6 Å². The van der Waals surface area contributed by atoms with Gasteiger partial charge in [0.2, 0.25) is 18.2 Å². The summed E-state index contributed by atoms with van der Waals surface area (Å²) in [4.78, 5) is 43.6. The molecule has 0 bridgehead atoms. The van der Waals surface area contributed by atoms with E-state index >= 15 is 0 Å². The van der Waals surface area contributed by atoms with Gasteiger partial charge in [0.1, 0.15) is 43.0 Å². The molecule has 8 atom stereocenters. The van der Waals surface area contributed by atoms with Crippen molar-refractivity contribution in [2.75, 3.05) is 18.9 Å². The van der Waals surface area contributed by atoms with Gasteiger partial charge in [-0.25, -0.2) is 18.7 Å². The van der Waals surface area contributed by atoms with Gasteiger partial charge in [0, 0.05) is 0 Å². The number of aliphatic hydroxyl groups is 4. The van der Waals surface area contributed by atoms with E-state index in [2.05, 4.69) is 19.0 Å². The highest BCUT2D eigenvalue weighted by Crippen LogP contribution is 2.40. The largest absolute Gasteiger partial charge is 0.469 e. The van der Waals surface area contributed by atoms with Gasteiger partial charge in [-0.3, -0.25) is 13.6 Å². The number of phosphoric acid groups is 2. The van der Waals surface area contributed by atoms with Crippen molar-refractivity contribution in [1.82, 2.24) is 14.5 Å². The van der Waals surface area contributed by atoms with Crippen molar-refractivity contribution in [3.05, 3.63) is 12.7 Å². The number of ether oxygens (including phenoxy) is 2. The molecule has 0 radical (unpaired) electrons. The number of nitrogens with zero attached hydrogens (tertiary/aromatic N) is 4. The number of hydrogen-bond acceptors (Lipinski definition) is 13. The van der Waals surface area contributed by atoms with Gasteiger partial charge in [-0.15, -0.1) is 0 Å². The fraction of sp³-hybridized carbons (Fsp3) is 0.667. The first-order valence-electron chi connectivity index (χ1n) is 10.1. The van der Waals surface area contributed by atoms with Gasteiger partial charge in [0.15, 0.2) is 11.7 Å². The van der Waals surface area contributed by atoms with E-state index in [0.29, 0.717) is 0 Å². The van der Waals surface area contributed by atoms with Gasteiger partial charge in [0.25, 0.3) is 5.82 Å². The summed E-state index contributed by atoms with van der Waals surface area (Å²) < 4.78 is 43.8. The molecule has 0 aliphatic carbocycles. The van der Waals surface area contributed by atoms with Crippen LogP contribution in [-0.4, -0.2) is 104 Å². The summed E-state index contributed by atoms with van der Waals surface area (Å²) in [6.45, 7) is -1.44. The first-order chi connectivity index (χ1) is 16.7. The molecule has 2 saturated heterocycles. The van der Waals surface area contributed by atoms with Crippen molar-refractivity contribution in [2.45, 2.75) is 49.1 Å². The van der Waals surface area contributed by atoms with Crippen LogP contribution in [0.1, 0.15) is 12.5 Å². The van der Waals surface area contributed by atoms with E-state index in [-0.39, 0.29) is 17.0 Å². The van der Waals surface area contributed by atoms with E-state index in [1.807, 2.05) is 0 Å². The molecule has 2 aromatic heterocycles. The lowest BCUT2D eigenvalue weighted by molar-refractivity contribution is -0.755. The van der Waals surface area contributed by atoms with Gasteiger partial charge < -0.3 is 55.2 Å². The van der Waals surface area contributed by atoms with Crippen molar-refractivity contribution in [3.63, 3.8) is 0 Å². The number of aromatic nitrogens is 4. The number of hydrogen-bond donors (Lipinski definition) is 9. The number of fused-ring (bicyclic) bond motifs is 1. The number of nitrogen functional groups attached to an aromatic ring is 1. The molecule has 0 saturated carbocycles. The Balaban J connectivity index is 1.56. The lowest BCUT2D eigenvalue weighted by atomic mass is 10.1. The second kappa shape index (κ2) is 9.90. The number of phosphoric ester groups is 2. The topological polar surface area (TPSA) is 294 Å². The fourth-order valence-corrected chi connectivity index (χ4v) is 4.57. The predicted octanol–water partition coefficient (Wildman–Crippen LogP) is -4.24. The van der Waals surface area contributed by atoms with E-state index in [9.17, 15) is 29.6 Å². The normalized spacial score (nSPS) is 33.6. The number of aliphatic hydroxyl groups excluding tert-OH is 4. The third kappa shape index (κ3) is 5.45. The molecular weight excluding hydrogens is 536 g/mol. The van der Waals surface area contributed by atoms with E-state index < -0.39 is 77.9 Å². The summed E-state index contributed by atoms with van der Waals surface area (Å²) in [7, 11) is -9.71. The first kappa shape index (κ1) is 27.4. The Bertz CT molecular complexity index is 1200. The average molecular weight is 560 g/mol. The molecule has 21 heteroatoms. The average Bonchev–Trinajstić information content (AvgIpc) is 3.41. The summed E-state index contributed by atoms with van der Waals surface area (Å²) >= 11 is 0. The molecule has 2 fully saturated rings. The van der Waals surface area contributed by atoms with Crippen LogP contribution in [0.25, 0.3) is 11.2 Å². The highest BCUT2D eigenvalue weighted by atomic mass is 31.2. The minimum Gasteiger partial charge on any atom is -0.387 e. The Labute approximate surface area is 200 Å².